The average molecular weight is 276 g/mol. The Balaban J connectivity index is 2.34. The van der Waals surface area contributed by atoms with Crippen molar-refractivity contribution in [1.82, 2.24) is 0 Å². The highest BCUT2D eigenvalue weighted by molar-refractivity contribution is 5.80. The molecule has 0 saturated heterocycles. The van der Waals surface area contributed by atoms with E-state index in [0.29, 0.717) is 37.2 Å². The Bertz CT molecular complexity index is 305. The lowest BCUT2D eigenvalue weighted by molar-refractivity contribution is -0.119. The zero-order chi connectivity index (χ0) is 14.5. The molecule has 0 unspecified atom stereocenters. The van der Waals surface area contributed by atoms with Crippen LogP contribution < -0.4 is 0 Å². The molecule has 2 heteroatoms. The fourth-order valence-corrected chi connectivity index (χ4v) is 2.47. The van der Waals surface area contributed by atoms with E-state index < -0.39 is 0 Å². The Morgan fingerprint density at radius 1 is 0.550 bits per heavy atom. The summed E-state index contributed by atoms with van der Waals surface area (Å²) in [7, 11) is 0. The first-order chi connectivity index (χ1) is 9.79. The molecule has 0 heterocycles. The summed E-state index contributed by atoms with van der Waals surface area (Å²) >= 11 is 0. The number of allylic oxidation sites excluding steroid dienone is 4. The van der Waals surface area contributed by atoms with Gasteiger partial charge in [-0.15, -0.1) is 0 Å². The van der Waals surface area contributed by atoms with Gasteiger partial charge in [-0.1, -0.05) is 62.8 Å². The standard InChI is InChI=1S/C18H28O2/c19-17-13-9-5-3-1-2-4-6-10-14-18(20)16-12-8-7-11-15-17/h7-8,11-12H,1-6,9-10,13-16H2. The van der Waals surface area contributed by atoms with Crippen LogP contribution in [0.25, 0.3) is 0 Å². The zero-order valence-electron chi connectivity index (χ0n) is 12.6. The van der Waals surface area contributed by atoms with E-state index in [1.165, 1.54) is 38.5 Å². The van der Waals surface area contributed by atoms with Crippen LogP contribution >= 0.6 is 0 Å². The maximum absolute atomic E-state index is 11.6. The number of hydrogen-bond donors (Lipinski definition) is 0. The topological polar surface area (TPSA) is 34.1 Å². The predicted molar refractivity (Wildman–Crippen MR) is 83.7 cm³/mol. The molecule has 0 aliphatic heterocycles. The van der Waals surface area contributed by atoms with Crippen molar-refractivity contribution in [3.8, 4) is 0 Å². The van der Waals surface area contributed by atoms with Crippen LogP contribution in [0.2, 0.25) is 0 Å². The van der Waals surface area contributed by atoms with Crippen LogP contribution in [-0.4, -0.2) is 11.6 Å². The van der Waals surface area contributed by atoms with E-state index in [4.69, 9.17) is 0 Å². The predicted octanol–water partition coefficient (Wildman–Crippen LogP) is 4.93. The molecule has 0 radical (unpaired) electrons. The summed E-state index contributed by atoms with van der Waals surface area (Å²) in [5.74, 6) is 0.652. The molecule has 0 spiro atoms. The molecule has 20 heavy (non-hydrogen) atoms. The minimum atomic E-state index is 0.326. The minimum Gasteiger partial charge on any atom is -0.299 e. The number of carbonyl (C=O) groups is 2. The number of hydrogen-bond acceptors (Lipinski definition) is 2. The summed E-state index contributed by atoms with van der Waals surface area (Å²) < 4.78 is 0. The van der Waals surface area contributed by atoms with Crippen molar-refractivity contribution >= 4 is 11.6 Å². The number of Topliss-reactive ketones (excluding diaryl/α,β-unsaturated/α-hetero) is 2. The highest BCUT2D eigenvalue weighted by Crippen LogP contribution is 2.12. The van der Waals surface area contributed by atoms with Crippen LogP contribution in [0.5, 0.6) is 0 Å². The number of carbonyl (C=O) groups excluding carboxylic acids is 2. The van der Waals surface area contributed by atoms with Crippen LogP contribution in [0.3, 0.4) is 0 Å². The highest BCUT2D eigenvalue weighted by atomic mass is 16.1. The lowest BCUT2D eigenvalue weighted by Gasteiger charge is -2.02. The molecule has 2 nitrogen and oxygen atoms in total. The Morgan fingerprint density at radius 3 is 1.30 bits per heavy atom. The Labute approximate surface area is 123 Å². The van der Waals surface area contributed by atoms with Gasteiger partial charge < -0.3 is 0 Å². The SMILES string of the molecule is O=C1CC=CC=CCC(=O)CCCCCCCCCC1. The largest absolute Gasteiger partial charge is 0.299 e. The molecule has 0 bridgehead atoms. The normalized spacial score (nSPS) is 21.4. The van der Waals surface area contributed by atoms with Crippen molar-refractivity contribution in [2.45, 2.75) is 77.0 Å². The van der Waals surface area contributed by atoms with Crippen LogP contribution in [0.15, 0.2) is 24.3 Å². The van der Waals surface area contributed by atoms with E-state index in [2.05, 4.69) is 0 Å². The molecule has 0 aromatic rings. The van der Waals surface area contributed by atoms with E-state index in [9.17, 15) is 9.59 Å². The van der Waals surface area contributed by atoms with Gasteiger partial charge in [0, 0.05) is 25.7 Å². The van der Waals surface area contributed by atoms with E-state index in [-0.39, 0.29) is 0 Å². The lowest BCUT2D eigenvalue weighted by Crippen LogP contribution is -1.96. The highest BCUT2D eigenvalue weighted by Gasteiger charge is 2.01. The third-order valence-corrected chi connectivity index (χ3v) is 3.74. The van der Waals surface area contributed by atoms with Gasteiger partial charge in [0.05, 0.1) is 0 Å². The molecule has 0 amide bonds. The van der Waals surface area contributed by atoms with Gasteiger partial charge in [0.2, 0.25) is 0 Å². The van der Waals surface area contributed by atoms with E-state index in [1.807, 2.05) is 24.3 Å². The summed E-state index contributed by atoms with van der Waals surface area (Å²) in [5.41, 5.74) is 0. The molecule has 1 aliphatic rings. The van der Waals surface area contributed by atoms with Gasteiger partial charge in [-0.25, -0.2) is 0 Å². The fraction of sp³-hybridized carbons (Fsp3) is 0.667. The molecule has 112 valence electrons. The minimum absolute atomic E-state index is 0.326. The molecule has 1 aliphatic carbocycles. The second-order valence-corrected chi connectivity index (χ2v) is 5.67. The lowest BCUT2D eigenvalue weighted by atomic mass is 10.0. The van der Waals surface area contributed by atoms with Crippen LogP contribution in [0, 0.1) is 0 Å². The van der Waals surface area contributed by atoms with Crippen LogP contribution in [-0.2, 0) is 9.59 Å². The molecule has 0 aromatic carbocycles. The molecule has 1 rings (SSSR count). The number of ketones is 2. The molecule has 0 N–H and O–H groups in total. The second kappa shape index (κ2) is 11.6. The van der Waals surface area contributed by atoms with E-state index in [1.54, 1.807) is 0 Å². The first-order valence-electron chi connectivity index (χ1n) is 8.14. The monoisotopic (exact) mass is 276 g/mol. The summed E-state index contributed by atoms with van der Waals surface area (Å²) in [4.78, 5) is 23.2. The van der Waals surface area contributed by atoms with Gasteiger partial charge in [-0.2, -0.15) is 0 Å². The third-order valence-electron chi connectivity index (χ3n) is 3.74. The molecular weight excluding hydrogens is 248 g/mol. The van der Waals surface area contributed by atoms with Crippen molar-refractivity contribution in [2.24, 2.45) is 0 Å². The van der Waals surface area contributed by atoms with Crippen molar-refractivity contribution in [1.29, 1.82) is 0 Å². The van der Waals surface area contributed by atoms with Crippen molar-refractivity contribution in [3.05, 3.63) is 24.3 Å². The van der Waals surface area contributed by atoms with E-state index in [0.717, 1.165) is 12.8 Å². The van der Waals surface area contributed by atoms with Gasteiger partial charge in [-0.05, 0) is 12.8 Å². The summed E-state index contributed by atoms with van der Waals surface area (Å²) in [6, 6.07) is 0. The van der Waals surface area contributed by atoms with Crippen molar-refractivity contribution in [2.75, 3.05) is 0 Å². The van der Waals surface area contributed by atoms with Gasteiger partial charge in [-0.3, -0.25) is 9.59 Å². The first-order valence-corrected chi connectivity index (χ1v) is 8.14. The maximum atomic E-state index is 11.6. The summed E-state index contributed by atoms with van der Waals surface area (Å²) in [6.07, 6.45) is 19.5. The quantitative estimate of drug-likeness (QED) is 0.628. The van der Waals surface area contributed by atoms with Gasteiger partial charge in [0.15, 0.2) is 0 Å². The Kier molecular flexibility index (Phi) is 9.81. The summed E-state index contributed by atoms with van der Waals surface area (Å²) in [6.45, 7) is 0. The van der Waals surface area contributed by atoms with Gasteiger partial charge in [0.25, 0.3) is 0 Å². The molecule has 0 atom stereocenters. The average Bonchev–Trinajstić information content (AvgIpc) is 2.43. The Hall–Kier alpha value is -1.18. The molecular formula is C18H28O2. The molecule has 0 fully saturated rings. The molecule has 0 aromatic heterocycles. The summed E-state index contributed by atoms with van der Waals surface area (Å²) in [5, 5.41) is 0. The van der Waals surface area contributed by atoms with Crippen LogP contribution in [0.1, 0.15) is 77.0 Å². The van der Waals surface area contributed by atoms with Gasteiger partial charge in [0.1, 0.15) is 11.6 Å². The van der Waals surface area contributed by atoms with Crippen LogP contribution in [0.4, 0.5) is 0 Å². The zero-order valence-corrected chi connectivity index (χ0v) is 12.6. The maximum Gasteiger partial charge on any atom is 0.136 e. The van der Waals surface area contributed by atoms with Gasteiger partial charge >= 0.3 is 0 Å². The fourth-order valence-electron chi connectivity index (χ4n) is 2.47. The van der Waals surface area contributed by atoms with E-state index >= 15 is 0 Å². The van der Waals surface area contributed by atoms with Crippen molar-refractivity contribution < 1.29 is 9.59 Å². The first kappa shape index (κ1) is 16.9. The second-order valence-electron chi connectivity index (χ2n) is 5.67. The van der Waals surface area contributed by atoms with Crippen molar-refractivity contribution in [3.63, 3.8) is 0 Å². The smallest absolute Gasteiger partial charge is 0.136 e. The third kappa shape index (κ3) is 9.71. The Morgan fingerprint density at radius 2 is 0.900 bits per heavy atom. The molecule has 0 saturated carbocycles. The number of rotatable bonds is 0.